The number of rotatable bonds is 4. The van der Waals surface area contributed by atoms with Crippen LogP contribution in [0, 0.1) is 0 Å². The first-order valence-electron chi connectivity index (χ1n) is 4.70. The third-order valence-electron chi connectivity index (χ3n) is 1.99. The van der Waals surface area contributed by atoms with Crippen LogP contribution in [0.4, 0.5) is 0 Å². The van der Waals surface area contributed by atoms with Gasteiger partial charge in [0.2, 0.25) is 5.91 Å². The van der Waals surface area contributed by atoms with Gasteiger partial charge in [0.25, 0.3) is 0 Å². The van der Waals surface area contributed by atoms with Gasteiger partial charge in [0.15, 0.2) is 0 Å². The minimum absolute atomic E-state index is 0.448. The Bertz CT molecular complexity index is 423. The molecule has 0 aliphatic rings. The summed E-state index contributed by atoms with van der Waals surface area (Å²) in [4.78, 5) is 21.7. The minimum Gasteiger partial charge on any atom is -0.480 e. The Morgan fingerprint density at radius 2 is 2.31 bits per heavy atom. The summed E-state index contributed by atoms with van der Waals surface area (Å²) in [5.74, 6) is -1.52. The van der Waals surface area contributed by atoms with E-state index < -0.39 is 17.9 Å². The topological polar surface area (TPSA) is 84.2 Å². The molecule has 0 saturated carbocycles. The number of carbonyl (C=O) groups is 2. The predicted molar refractivity (Wildman–Crippen MR) is 57.5 cm³/mol. The fourth-order valence-corrected chi connectivity index (χ4v) is 1.03. The number of hydrogen-bond acceptors (Lipinski definition) is 3. The van der Waals surface area contributed by atoms with Gasteiger partial charge in [-0.05, 0) is 19.1 Å². The Morgan fingerprint density at radius 3 is 2.81 bits per heavy atom. The molecule has 0 aromatic carbocycles. The predicted octanol–water partition coefficient (Wildman–Crippen LogP) is 0.0226. The van der Waals surface area contributed by atoms with Crippen LogP contribution < -0.4 is 5.32 Å². The molecule has 6 heteroatoms. The summed E-state index contributed by atoms with van der Waals surface area (Å²) in [6.07, 6.45) is 4.45. The summed E-state index contributed by atoms with van der Waals surface area (Å²) >= 11 is 0. The molecule has 6 nitrogen and oxygen atoms in total. The molecule has 0 radical (unpaired) electrons. The summed E-state index contributed by atoms with van der Waals surface area (Å²) in [5.41, 5.74) is 0.762. The highest BCUT2D eigenvalue weighted by atomic mass is 16.4. The van der Waals surface area contributed by atoms with Gasteiger partial charge in [0.05, 0.1) is 5.69 Å². The molecule has 0 spiro atoms. The van der Waals surface area contributed by atoms with Crippen molar-refractivity contribution in [2.24, 2.45) is 7.05 Å². The number of aryl methyl sites for hydroxylation is 1. The number of carboxylic acid groups (broad SMARTS) is 1. The van der Waals surface area contributed by atoms with Gasteiger partial charge in [-0.3, -0.25) is 14.3 Å². The SMILES string of the molecule is C[C@@H](NC(=O)C=Cc1ccnn1C)C(=O)O. The standard InChI is InChI=1S/C10H13N3O3/c1-7(10(15)16)12-9(14)4-3-8-5-6-11-13(8)2/h3-7H,1-2H3,(H,12,14)(H,15,16)/t7-/m1/s1. The molecule has 1 amide bonds. The number of aromatic nitrogens is 2. The van der Waals surface area contributed by atoms with Gasteiger partial charge >= 0.3 is 5.97 Å². The summed E-state index contributed by atoms with van der Waals surface area (Å²) in [5, 5.41) is 14.8. The van der Waals surface area contributed by atoms with E-state index in [1.54, 1.807) is 30.1 Å². The van der Waals surface area contributed by atoms with Gasteiger partial charge in [-0.2, -0.15) is 5.10 Å². The minimum atomic E-state index is -1.07. The monoisotopic (exact) mass is 223 g/mol. The van der Waals surface area contributed by atoms with Crippen LogP contribution in [0.15, 0.2) is 18.3 Å². The fraction of sp³-hybridized carbons (Fsp3) is 0.300. The molecule has 1 aromatic heterocycles. The second-order valence-electron chi connectivity index (χ2n) is 3.28. The molecule has 0 aliphatic carbocycles. The smallest absolute Gasteiger partial charge is 0.325 e. The lowest BCUT2D eigenvalue weighted by molar-refractivity contribution is -0.140. The number of carboxylic acids is 1. The molecule has 2 N–H and O–H groups in total. The Morgan fingerprint density at radius 1 is 1.62 bits per heavy atom. The highest BCUT2D eigenvalue weighted by Crippen LogP contribution is 1.98. The lowest BCUT2D eigenvalue weighted by Gasteiger charge is -2.05. The van der Waals surface area contributed by atoms with Gasteiger partial charge in [0, 0.05) is 19.3 Å². The first-order valence-corrected chi connectivity index (χ1v) is 4.70. The largest absolute Gasteiger partial charge is 0.480 e. The second-order valence-corrected chi connectivity index (χ2v) is 3.28. The molecular weight excluding hydrogens is 210 g/mol. The fourth-order valence-electron chi connectivity index (χ4n) is 1.03. The highest BCUT2D eigenvalue weighted by Gasteiger charge is 2.11. The summed E-state index contributed by atoms with van der Waals surface area (Å²) < 4.78 is 1.60. The Labute approximate surface area is 92.6 Å². The first kappa shape index (κ1) is 12.0. The van der Waals surface area contributed by atoms with Crippen LogP contribution in [0.25, 0.3) is 6.08 Å². The molecule has 0 fully saturated rings. The molecular formula is C10H13N3O3. The zero-order chi connectivity index (χ0) is 12.1. The highest BCUT2D eigenvalue weighted by molar-refractivity contribution is 5.94. The molecule has 1 aromatic rings. The number of amides is 1. The van der Waals surface area contributed by atoms with E-state index in [2.05, 4.69) is 10.4 Å². The third kappa shape index (κ3) is 3.23. The van der Waals surface area contributed by atoms with Crippen molar-refractivity contribution >= 4 is 18.0 Å². The molecule has 0 aliphatic heterocycles. The molecule has 86 valence electrons. The summed E-state index contributed by atoms with van der Waals surface area (Å²) in [6, 6.07) is 0.841. The molecule has 1 heterocycles. The Hall–Kier alpha value is -2.11. The van der Waals surface area contributed by atoms with Crippen LogP contribution in [0.3, 0.4) is 0 Å². The van der Waals surface area contributed by atoms with E-state index in [4.69, 9.17) is 5.11 Å². The van der Waals surface area contributed by atoms with Crippen molar-refractivity contribution in [3.05, 3.63) is 24.0 Å². The number of carbonyl (C=O) groups excluding carboxylic acids is 1. The number of nitrogens with one attached hydrogen (secondary N) is 1. The van der Waals surface area contributed by atoms with E-state index >= 15 is 0 Å². The molecule has 1 rings (SSSR count). The zero-order valence-corrected chi connectivity index (χ0v) is 9.04. The van der Waals surface area contributed by atoms with Gasteiger partial charge in [-0.1, -0.05) is 0 Å². The molecule has 0 unspecified atom stereocenters. The quantitative estimate of drug-likeness (QED) is 0.705. The van der Waals surface area contributed by atoms with E-state index in [1.165, 1.54) is 13.0 Å². The van der Waals surface area contributed by atoms with Crippen LogP contribution in [-0.2, 0) is 16.6 Å². The average Bonchev–Trinajstić information content (AvgIpc) is 2.61. The maximum Gasteiger partial charge on any atom is 0.325 e. The van der Waals surface area contributed by atoms with Crippen molar-refractivity contribution in [3.8, 4) is 0 Å². The van der Waals surface area contributed by atoms with Gasteiger partial charge in [-0.25, -0.2) is 0 Å². The van der Waals surface area contributed by atoms with Crippen molar-refractivity contribution in [2.45, 2.75) is 13.0 Å². The van der Waals surface area contributed by atoms with E-state index in [-0.39, 0.29) is 0 Å². The normalized spacial score (nSPS) is 12.6. The summed E-state index contributed by atoms with van der Waals surface area (Å²) in [6.45, 7) is 1.40. The van der Waals surface area contributed by atoms with Crippen molar-refractivity contribution in [3.63, 3.8) is 0 Å². The lowest BCUT2D eigenvalue weighted by atomic mass is 10.3. The van der Waals surface area contributed by atoms with Crippen molar-refractivity contribution in [1.29, 1.82) is 0 Å². The van der Waals surface area contributed by atoms with Crippen molar-refractivity contribution in [2.75, 3.05) is 0 Å². The zero-order valence-electron chi connectivity index (χ0n) is 9.04. The van der Waals surface area contributed by atoms with Gasteiger partial charge in [-0.15, -0.1) is 0 Å². The average molecular weight is 223 g/mol. The van der Waals surface area contributed by atoms with Gasteiger partial charge in [0.1, 0.15) is 6.04 Å². The molecule has 1 atom stereocenters. The third-order valence-corrected chi connectivity index (χ3v) is 1.99. The van der Waals surface area contributed by atoms with Crippen LogP contribution in [0.2, 0.25) is 0 Å². The Kier molecular flexibility index (Phi) is 3.82. The summed E-state index contributed by atoms with van der Waals surface area (Å²) in [7, 11) is 1.75. The van der Waals surface area contributed by atoms with Crippen LogP contribution in [0.1, 0.15) is 12.6 Å². The Balaban J connectivity index is 2.55. The van der Waals surface area contributed by atoms with Crippen molar-refractivity contribution in [1.82, 2.24) is 15.1 Å². The van der Waals surface area contributed by atoms with E-state index in [1.807, 2.05) is 0 Å². The van der Waals surface area contributed by atoms with E-state index in [0.29, 0.717) is 0 Å². The molecule has 16 heavy (non-hydrogen) atoms. The molecule has 0 bridgehead atoms. The van der Waals surface area contributed by atoms with Crippen molar-refractivity contribution < 1.29 is 14.7 Å². The molecule has 0 saturated heterocycles. The van der Waals surface area contributed by atoms with Crippen LogP contribution in [-0.4, -0.2) is 32.8 Å². The van der Waals surface area contributed by atoms with Crippen LogP contribution >= 0.6 is 0 Å². The number of nitrogens with zero attached hydrogens (tertiary/aromatic N) is 2. The van der Waals surface area contributed by atoms with Gasteiger partial charge < -0.3 is 10.4 Å². The number of hydrogen-bond donors (Lipinski definition) is 2. The first-order chi connectivity index (χ1) is 7.50. The maximum atomic E-state index is 11.3. The second kappa shape index (κ2) is 5.11. The van der Waals surface area contributed by atoms with E-state index in [9.17, 15) is 9.59 Å². The number of aliphatic carboxylic acids is 1. The van der Waals surface area contributed by atoms with Crippen LogP contribution in [0.5, 0.6) is 0 Å². The maximum absolute atomic E-state index is 11.3. The van der Waals surface area contributed by atoms with E-state index in [0.717, 1.165) is 5.69 Å². The lowest BCUT2D eigenvalue weighted by Crippen LogP contribution is -2.37.